The van der Waals surface area contributed by atoms with Gasteiger partial charge in [-0.3, -0.25) is 0 Å². The van der Waals surface area contributed by atoms with Crippen molar-refractivity contribution in [2.75, 3.05) is 5.32 Å². The average molecular weight is 294 g/mol. The molecule has 0 bridgehead atoms. The van der Waals surface area contributed by atoms with E-state index >= 15 is 0 Å². The molecule has 0 radical (unpaired) electrons. The fourth-order valence-electron chi connectivity index (χ4n) is 3.19. The van der Waals surface area contributed by atoms with Crippen LogP contribution in [0, 0.1) is 6.92 Å². The number of nitrogens with one attached hydrogen (secondary N) is 1. The Morgan fingerprint density at radius 2 is 2.09 bits per heavy atom. The van der Waals surface area contributed by atoms with Crippen LogP contribution in [0.1, 0.15) is 37.3 Å². The molecule has 0 amide bonds. The third-order valence-corrected chi connectivity index (χ3v) is 4.31. The number of hydrogen-bond donors (Lipinski definition) is 1. The minimum Gasteiger partial charge on any atom is -0.329 e. The summed E-state index contributed by atoms with van der Waals surface area (Å²) in [4.78, 5) is 17.2. The minimum atomic E-state index is 0.568. The van der Waals surface area contributed by atoms with Crippen LogP contribution in [0.3, 0.4) is 0 Å². The molecule has 1 aliphatic carbocycles. The van der Waals surface area contributed by atoms with Gasteiger partial charge in [0, 0.05) is 30.0 Å². The Morgan fingerprint density at radius 3 is 2.86 bits per heavy atom. The zero-order valence-corrected chi connectivity index (χ0v) is 12.5. The van der Waals surface area contributed by atoms with Crippen LogP contribution in [-0.4, -0.2) is 24.5 Å². The molecule has 0 aromatic carbocycles. The van der Waals surface area contributed by atoms with Gasteiger partial charge in [0.05, 0.1) is 0 Å². The van der Waals surface area contributed by atoms with Gasteiger partial charge >= 0.3 is 0 Å². The van der Waals surface area contributed by atoms with Gasteiger partial charge in [-0.05, 0) is 31.4 Å². The van der Waals surface area contributed by atoms with Crippen LogP contribution in [0.15, 0.2) is 31.0 Å². The van der Waals surface area contributed by atoms with E-state index in [1.807, 2.05) is 6.20 Å². The lowest BCUT2D eigenvalue weighted by molar-refractivity contribution is 0.532. The van der Waals surface area contributed by atoms with Crippen molar-refractivity contribution in [3.8, 4) is 0 Å². The standard InChI is InChI=1S/C16H18N6/c1-11-9-22(12-4-2-3-5-12)15-13(11)8-18-16(21-15)20-14-6-7-17-10-19-14/h6-10,12H,2-5H2,1H3,(H,17,18,19,20,21). The SMILES string of the molecule is Cc1cn(C2CCCC2)c2nc(Nc3ccncn3)ncc12. The Hall–Kier alpha value is -2.50. The molecule has 3 aromatic rings. The topological polar surface area (TPSA) is 68.5 Å². The summed E-state index contributed by atoms with van der Waals surface area (Å²) in [6.45, 7) is 2.12. The van der Waals surface area contributed by atoms with Crippen molar-refractivity contribution in [2.45, 2.75) is 38.6 Å². The number of hydrogen-bond acceptors (Lipinski definition) is 5. The van der Waals surface area contributed by atoms with E-state index in [1.54, 1.807) is 12.3 Å². The lowest BCUT2D eigenvalue weighted by Gasteiger charge is -2.13. The van der Waals surface area contributed by atoms with E-state index in [2.05, 4.69) is 38.0 Å². The van der Waals surface area contributed by atoms with Gasteiger partial charge < -0.3 is 9.88 Å². The first-order chi connectivity index (χ1) is 10.8. The van der Waals surface area contributed by atoms with Crippen LogP contribution in [-0.2, 0) is 0 Å². The van der Waals surface area contributed by atoms with Crippen LogP contribution in [0.25, 0.3) is 11.0 Å². The Labute approximate surface area is 128 Å². The number of nitrogens with zero attached hydrogens (tertiary/aromatic N) is 5. The van der Waals surface area contributed by atoms with Gasteiger partial charge in [-0.2, -0.15) is 4.98 Å². The van der Waals surface area contributed by atoms with Crippen molar-refractivity contribution in [3.63, 3.8) is 0 Å². The maximum Gasteiger partial charge on any atom is 0.230 e. The van der Waals surface area contributed by atoms with Crippen molar-refractivity contribution in [2.24, 2.45) is 0 Å². The van der Waals surface area contributed by atoms with Crippen LogP contribution >= 0.6 is 0 Å². The monoisotopic (exact) mass is 294 g/mol. The first-order valence-corrected chi connectivity index (χ1v) is 7.68. The molecular weight excluding hydrogens is 276 g/mol. The second-order valence-corrected chi connectivity index (χ2v) is 5.81. The predicted molar refractivity (Wildman–Crippen MR) is 85.1 cm³/mol. The summed E-state index contributed by atoms with van der Waals surface area (Å²) in [5.41, 5.74) is 2.24. The average Bonchev–Trinajstić information content (AvgIpc) is 3.17. The molecule has 1 fully saturated rings. The van der Waals surface area contributed by atoms with Crippen LogP contribution in [0.4, 0.5) is 11.8 Å². The van der Waals surface area contributed by atoms with E-state index in [1.165, 1.54) is 37.6 Å². The van der Waals surface area contributed by atoms with Crippen LogP contribution in [0.5, 0.6) is 0 Å². The van der Waals surface area contributed by atoms with E-state index < -0.39 is 0 Å². The molecule has 0 unspecified atom stereocenters. The van der Waals surface area contributed by atoms with Crippen molar-refractivity contribution in [3.05, 3.63) is 36.5 Å². The molecule has 0 atom stereocenters. The summed E-state index contributed by atoms with van der Waals surface area (Å²) >= 11 is 0. The minimum absolute atomic E-state index is 0.568. The molecule has 0 aliphatic heterocycles. The third-order valence-electron chi connectivity index (χ3n) is 4.31. The quantitative estimate of drug-likeness (QED) is 0.802. The van der Waals surface area contributed by atoms with Gasteiger partial charge in [-0.1, -0.05) is 12.8 Å². The van der Waals surface area contributed by atoms with Crippen LogP contribution < -0.4 is 5.32 Å². The highest BCUT2D eigenvalue weighted by atomic mass is 15.2. The molecule has 1 saturated carbocycles. The first kappa shape index (κ1) is 13.2. The summed E-state index contributed by atoms with van der Waals surface area (Å²) in [5.74, 6) is 1.27. The number of aryl methyl sites for hydroxylation is 1. The molecule has 1 N–H and O–H groups in total. The zero-order valence-electron chi connectivity index (χ0n) is 12.5. The van der Waals surface area contributed by atoms with E-state index in [9.17, 15) is 0 Å². The van der Waals surface area contributed by atoms with E-state index in [0.29, 0.717) is 17.8 Å². The fourth-order valence-corrected chi connectivity index (χ4v) is 3.19. The molecule has 22 heavy (non-hydrogen) atoms. The smallest absolute Gasteiger partial charge is 0.230 e. The van der Waals surface area contributed by atoms with Crippen molar-refractivity contribution in [1.82, 2.24) is 24.5 Å². The first-order valence-electron chi connectivity index (χ1n) is 7.68. The third kappa shape index (κ3) is 2.30. The second kappa shape index (κ2) is 5.36. The summed E-state index contributed by atoms with van der Waals surface area (Å²) in [5, 5.41) is 4.26. The molecule has 112 valence electrons. The number of rotatable bonds is 3. The summed E-state index contributed by atoms with van der Waals surface area (Å²) in [7, 11) is 0. The molecular formula is C16H18N6. The van der Waals surface area contributed by atoms with Gasteiger partial charge in [0.15, 0.2) is 0 Å². The molecule has 0 saturated heterocycles. The molecule has 4 rings (SSSR count). The maximum absolute atomic E-state index is 4.72. The zero-order chi connectivity index (χ0) is 14.9. The molecule has 3 heterocycles. The molecule has 0 spiro atoms. The number of anilines is 2. The highest BCUT2D eigenvalue weighted by molar-refractivity contribution is 5.80. The lowest BCUT2D eigenvalue weighted by Crippen LogP contribution is -2.05. The summed E-state index contributed by atoms with van der Waals surface area (Å²) in [6.07, 6.45) is 12.4. The fraction of sp³-hybridized carbons (Fsp3) is 0.375. The van der Waals surface area contributed by atoms with Gasteiger partial charge in [0.1, 0.15) is 17.8 Å². The lowest BCUT2D eigenvalue weighted by atomic mass is 10.2. The van der Waals surface area contributed by atoms with Crippen molar-refractivity contribution < 1.29 is 0 Å². The van der Waals surface area contributed by atoms with Gasteiger partial charge in [-0.25, -0.2) is 15.0 Å². The maximum atomic E-state index is 4.72. The normalized spacial score (nSPS) is 15.5. The Balaban J connectivity index is 1.74. The summed E-state index contributed by atoms with van der Waals surface area (Å²) in [6, 6.07) is 2.37. The molecule has 6 nitrogen and oxygen atoms in total. The van der Waals surface area contributed by atoms with E-state index in [-0.39, 0.29) is 0 Å². The van der Waals surface area contributed by atoms with Crippen molar-refractivity contribution >= 4 is 22.8 Å². The van der Waals surface area contributed by atoms with Crippen molar-refractivity contribution in [1.29, 1.82) is 0 Å². The van der Waals surface area contributed by atoms with E-state index in [4.69, 9.17) is 4.98 Å². The largest absolute Gasteiger partial charge is 0.329 e. The van der Waals surface area contributed by atoms with Crippen LogP contribution in [0.2, 0.25) is 0 Å². The highest BCUT2D eigenvalue weighted by Crippen LogP contribution is 2.33. The molecule has 1 aliphatic rings. The number of fused-ring (bicyclic) bond motifs is 1. The van der Waals surface area contributed by atoms with Gasteiger partial charge in [0.25, 0.3) is 0 Å². The van der Waals surface area contributed by atoms with E-state index in [0.717, 1.165) is 11.0 Å². The highest BCUT2D eigenvalue weighted by Gasteiger charge is 2.20. The Kier molecular flexibility index (Phi) is 3.21. The van der Waals surface area contributed by atoms with Gasteiger partial charge in [0.2, 0.25) is 5.95 Å². The van der Waals surface area contributed by atoms with Gasteiger partial charge in [-0.15, -0.1) is 0 Å². The Morgan fingerprint density at radius 1 is 1.23 bits per heavy atom. The molecule has 3 aromatic heterocycles. The molecule has 6 heteroatoms. The Bertz CT molecular complexity index is 789. The second-order valence-electron chi connectivity index (χ2n) is 5.81. The predicted octanol–water partition coefficient (Wildman–Crippen LogP) is 3.39. The summed E-state index contributed by atoms with van der Waals surface area (Å²) < 4.78 is 2.32. The number of aromatic nitrogens is 5.